The lowest BCUT2D eigenvalue weighted by Crippen LogP contribution is -2.41. The van der Waals surface area contributed by atoms with Gasteiger partial charge in [0.2, 0.25) is 0 Å². The monoisotopic (exact) mass is 462 g/mol. The van der Waals surface area contributed by atoms with Crippen LogP contribution in [0.2, 0.25) is 0 Å². The van der Waals surface area contributed by atoms with Crippen molar-refractivity contribution in [2.45, 2.75) is 45.1 Å². The van der Waals surface area contributed by atoms with E-state index in [1.807, 2.05) is 39.0 Å². The van der Waals surface area contributed by atoms with E-state index < -0.39 is 11.4 Å². The van der Waals surface area contributed by atoms with Gasteiger partial charge in [-0.3, -0.25) is 9.67 Å². The zero-order valence-corrected chi connectivity index (χ0v) is 19.7. The third kappa shape index (κ3) is 4.42. The molecule has 5 rings (SSSR count). The Balaban J connectivity index is 1.34. The number of nitrogens with zero attached hydrogens (tertiary/aromatic N) is 6. The third-order valence-corrected chi connectivity index (χ3v) is 5.93. The van der Waals surface area contributed by atoms with Gasteiger partial charge in [0.1, 0.15) is 22.3 Å². The van der Waals surface area contributed by atoms with Crippen LogP contribution in [0.4, 0.5) is 9.18 Å². The van der Waals surface area contributed by atoms with Crippen molar-refractivity contribution in [3.05, 3.63) is 48.0 Å². The number of aryl methyl sites for hydroxylation is 1. The van der Waals surface area contributed by atoms with Crippen molar-refractivity contribution in [2.24, 2.45) is 7.05 Å². The summed E-state index contributed by atoms with van der Waals surface area (Å²) in [6.07, 6.45) is 3.13. The predicted octanol–water partition coefficient (Wildman–Crippen LogP) is 4.83. The summed E-state index contributed by atoms with van der Waals surface area (Å²) in [5.74, 6) is -0.200. The highest BCUT2D eigenvalue weighted by Crippen LogP contribution is 2.30. The van der Waals surface area contributed by atoms with Crippen LogP contribution in [0.1, 0.15) is 45.2 Å². The van der Waals surface area contributed by atoms with Crippen LogP contribution in [0, 0.1) is 5.82 Å². The smallest absolute Gasteiger partial charge is 0.410 e. The summed E-state index contributed by atoms with van der Waals surface area (Å²) < 4.78 is 21.8. The van der Waals surface area contributed by atoms with Gasteiger partial charge in [-0.15, -0.1) is 0 Å². The van der Waals surface area contributed by atoms with Crippen LogP contribution in [-0.4, -0.2) is 54.4 Å². The van der Waals surface area contributed by atoms with Gasteiger partial charge in [-0.05, 0) is 57.9 Å². The van der Waals surface area contributed by atoms with Crippen LogP contribution in [0.25, 0.3) is 33.5 Å². The highest BCUT2D eigenvalue weighted by molar-refractivity contribution is 5.80. The van der Waals surface area contributed by atoms with Crippen LogP contribution < -0.4 is 0 Å². The lowest BCUT2D eigenvalue weighted by Gasteiger charge is -2.33. The molecule has 0 spiro atoms. The molecule has 0 unspecified atom stereocenters. The van der Waals surface area contributed by atoms with Crippen LogP contribution in [0.3, 0.4) is 0 Å². The lowest BCUT2D eigenvalue weighted by atomic mass is 9.93. The maximum absolute atomic E-state index is 14.7. The molecule has 34 heavy (non-hydrogen) atoms. The molecular formula is C25H27FN6O2. The average molecular weight is 463 g/mol. The second-order valence-corrected chi connectivity index (χ2v) is 9.74. The molecule has 0 saturated carbocycles. The summed E-state index contributed by atoms with van der Waals surface area (Å²) in [5, 5.41) is 4.20. The number of amides is 1. The number of hydrogen-bond acceptors (Lipinski definition) is 6. The summed E-state index contributed by atoms with van der Waals surface area (Å²) in [7, 11) is 1.78. The van der Waals surface area contributed by atoms with Gasteiger partial charge in [-0.25, -0.2) is 19.2 Å². The molecule has 1 aliphatic rings. The minimum atomic E-state index is -0.498. The number of likely N-dealkylation sites (tertiary alicyclic amines) is 1. The number of rotatable bonds is 2. The molecule has 4 aromatic heterocycles. The molecule has 4 aromatic rings. The Morgan fingerprint density at radius 1 is 1.00 bits per heavy atom. The zero-order chi connectivity index (χ0) is 24.0. The van der Waals surface area contributed by atoms with Gasteiger partial charge in [-0.1, -0.05) is 0 Å². The van der Waals surface area contributed by atoms with E-state index in [-0.39, 0.29) is 17.7 Å². The van der Waals surface area contributed by atoms with Crippen LogP contribution in [0.15, 0.2) is 36.5 Å². The average Bonchev–Trinajstić information content (AvgIpc) is 3.15. The molecule has 5 heterocycles. The van der Waals surface area contributed by atoms with E-state index in [2.05, 4.69) is 15.1 Å². The van der Waals surface area contributed by atoms with E-state index in [1.54, 1.807) is 28.9 Å². The summed E-state index contributed by atoms with van der Waals surface area (Å²) in [5.41, 5.74) is 3.69. The summed E-state index contributed by atoms with van der Waals surface area (Å²) in [6.45, 7) is 6.89. The fourth-order valence-electron chi connectivity index (χ4n) is 4.29. The molecule has 8 nitrogen and oxygen atoms in total. The first kappa shape index (κ1) is 22.2. The fourth-order valence-corrected chi connectivity index (χ4v) is 4.29. The maximum Gasteiger partial charge on any atom is 0.410 e. The minimum Gasteiger partial charge on any atom is -0.444 e. The SMILES string of the molecule is Cn1cc2nc(-c3ccc4nc(C5CCN(C(=O)OC(C)(C)C)CC5)ccc4n3)c(F)cc2n1. The van der Waals surface area contributed by atoms with Crippen molar-refractivity contribution in [1.29, 1.82) is 0 Å². The predicted molar refractivity (Wildman–Crippen MR) is 127 cm³/mol. The summed E-state index contributed by atoms with van der Waals surface area (Å²) >= 11 is 0. The third-order valence-electron chi connectivity index (χ3n) is 5.93. The van der Waals surface area contributed by atoms with E-state index in [0.717, 1.165) is 24.1 Å². The van der Waals surface area contributed by atoms with Crippen molar-refractivity contribution in [3.63, 3.8) is 0 Å². The molecule has 1 saturated heterocycles. The molecule has 0 N–H and O–H groups in total. The molecule has 0 aromatic carbocycles. The number of ether oxygens (including phenoxy) is 1. The normalized spacial score (nSPS) is 15.3. The Hall–Kier alpha value is -3.62. The molecular weight excluding hydrogens is 435 g/mol. The zero-order valence-electron chi connectivity index (χ0n) is 19.7. The van der Waals surface area contributed by atoms with E-state index in [1.165, 1.54) is 6.07 Å². The number of aromatic nitrogens is 5. The van der Waals surface area contributed by atoms with Gasteiger partial charge in [0.15, 0.2) is 5.82 Å². The molecule has 1 fully saturated rings. The first-order valence-electron chi connectivity index (χ1n) is 11.4. The van der Waals surface area contributed by atoms with Crippen LogP contribution in [0.5, 0.6) is 0 Å². The molecule has 0 aliphatic carbocycles. The van der Waals surface area contributed by atoms with E-state index >= 15 is 0 Å². The van der Waals surface area contributed by atoms with E-state index in [0.29, 0.717) is 35.3 Å². The highest BCUT2D eigenvalue weighted by Gasteiger charge is 2.28. The maximum atomic E-state index is 14.7. The van der Waals surface area contributed by atoms with Gasteiger partial charge < -0.3 is 9.64 Å². The van der Waals surface area contributed by atoms with Gasteiger partial charge in [0, 0.05) is 37.8 Å². The Kier molecular flexibility index (Phi) is 5.42. The van der Waals surface area contributed by atoms with Crippen molar-refractivity contribution in [3.8, 4) is 11.4 Å². The molecule has 1 aliphatic heterocycles. The first-order chi connectivity index (χ1) is 16.2. The number of carbonyl (C=O) groups is 1. The molecule has 0 bridgehead atoms. The standard InChI is InChI=1S/C25H27FN6O2/c1-25(2,3)34-24(33)32-11-9-15(10-12-32)17-5-6-19-18(27-17)7-8-20(28-19)23-16(26)13-21-22(29-23)14-31(4)30-21/h5-8,13-15H,9-12H2,1-4H3. The number of halogens is 1. The van der Waals surface area contributed by atoms with Gasteiger partial charge in [0.05, 0.1) is 22.9 Å². The second-order valence-electron chi connectivity index (χ2n) is 9.74. The molecule has 1 amide bonds. The van der Waals surface area contributed by atoms with Crippen molar-refractivity contribution in [2.75, 3.05) is 13.1 Å². The largest absolute Gasteiger partial charge is 0.444 e. The number of carbonyl (C=O) groups excluding carboxylic acids is 1. The van der Waals surface area contributed by atoms with Gasteiger partial charge >= 0.3 is 6.09 Å². The lowest BCUT2D eigenvalue weighted by molar-refractivity contribution is 0.0204. The number of pyridine rings is 3. The Bertz CT molecular complexity index is 1390. The van der Waals surface area contributed by atoms with E-state index in [4.69, 9.17) is 9.72 Å². The number of fused-ring (bicyclic) bond motifs is 2. The molecule has 176 valence electrons. The van der Waals surface area contributed by atoms with E-state index in [9.17, 15) is 9.18 Å². The van der Waals surface area contributed by atoms with Gasteiger partial charge in [0.25, 0.3) is 0 Å². The number of piperidine rings is 1. The van der Waals surface area contributed by atoms with Gasteiger partial charge in [-0.2, -0.15) is 5.10 Å². The fraction of sp³-hybridized carbons (Fsp3) is 0.400. The topological polar surface area (TPSA) is 86.0 Å². The molecule has 0 radical (unpaired) electrons. The quantitative estimate of drug-likeness (QED) is 0.424. The van der Waals surface area contributed by atoms with Crippen LogP contribution >= 0.6 is 0 Å². The Labute approximate surface area is 196 Å². The minimum absolute atomic E-state index is 0.195. The summed E-state index contributed by atoms with van der Waals surface area (Å²) in [4.78, 5) is 27.9. The van der Waals surface area contributed by atoms with Crippen molar-refractivity contribution >= 4 is 28.2 Å². The first-order valence-corrected chi connectivity index (χ1v) is 11.4. The number of hydrogen-bond donors (Lipinski definition) is 0. The molecule has 9 heteroatoms. The Morgan fingerprint density at radius 3 is 2.44 bits per heavy atom. The highest BCUT2D eigenvalue weighted by atomic mass is 19.1. The Morgan fingerprint density at radius 2 is 1.71 bits per heavy atom. The van der Waals surface area contributed by atoms with Crippen LogP contribution in [-0.2, 0) is 11.8 Å². The van der Waals surface area contributed by atoms with Crippen molar-refractivity contribution < 1.29 is 13.9 Å². The van der Waals surface area contributed by atoms with Crippen molar-refractivity contribution in [1.82, 2.24) is 29.6 Å². The second kappa shape index (κ2) is 8.30. The molecule has 0 atom stereocenters. The summed E-state index contributed by atoms with van der Waals surface area (Å²) in [6, 6.07) is 8.88.